The van der Waals surface area contributed by atoms with Gasteiger partial charge in [-0.1, -0.05) is 18.2 Å². The Labute approximate surface area is 142 Å². The van der Waals surface area contributed by atoms with Gasteiger partial charge in [-0.15, -0.1) is 0 Å². The van der Waals surface area contributed by atoms with E-state index in [0.717, 1.165) is 17.7 Å². The van der Waals surface area contributed by atoms with Crippen LogP contribution in [0.3, 0.4) is 0 Å². The summed E-state index contributed by atoms with van der Waals surface area (Å²) >= 11 is 0. The zero-order chi connectivity index (χ0) is 17.2. The maximum absolute atomic E-state index is 13.1. The zero-order valence-corrected chi connectivity index (χ0v) is 14.5. The molecule has 6 heteroatoms. The molecule has 2 aromatic rings. The number of ketones is 1. The normalized spacial score (nSPS) is 16.5. The highest BCUT2D eigenvalue weighted by molar-refractivity contribution is 7.92. The van der Waals surface area contributed by atoms with Crippen molar-refractivity contribution < 1.29 is 17.6 Å². The van der Waals surface area contributed by atoms with Crippen molar-refractivity contribution >= 4 is 15.6 Å². The first-order valence-corrected chi connectivity index (χ1v) is 9.61. The molecule has 1 atom stereocenters. The van der Waals surface area contributed by atoms with E-state index < -0.39 is 15.2 Å². The van der Waals surface area contributed by atoms with Crippen molar-refractivity contribution in [3.63, 3.8) is 0 Å². The molecule has 0 saturated carbocycles. The highest BCUT2D eigenvalue weighted by Crippen LogP contribution is 2.28. The lowest BCUT2D eigenvalue weighted by Crippen LogP contribution is -2.44. The molecule has 1 aromatic carbocycles. The Bertz CT molecular complexity index is 811. The number of carbonyl (C=O) groups excluding carboxylic acids is 1. The average Bonchev–Trinajstić information content (AvgIpc) is 3.03. The molecule has 1 aromatic heterocycles. The Hall–Kier alpha value is -1.92. The van der Waals surface area contributed by atoms with Crippen molar-refractivity contribution in [2.24, 2.45) is 0 Å². The van der Waals surface area contributed by atoms with Crippen LogP contribution < -0.4 is 0 Å². The van der Waals surface area contributed by atoms with Crippen LogP contribution >= 0.6 is 0 Å². The third-order valence-corrected chi connectivity index (χ3v) is 6.61. The molecule has 3 rings (SSSR count). The molecule has 2 heterocycles. The van der Waals surface area contributed by atoms with E-state index in [1.54, 1.807) is 36.6 Å². The van der Waals surface area contributed by atoms with Crippen molar-refractivity contribution in [3.8, 4) is 0 Å². The van der Waals surface area contributed by atoms with Crippen molar-refractivity contribution in [2.75, 3.05) is 6.54 Å². The molecule has 0 aliphatic carbocycles. The molecule has 0 saturated heterocycles. The van der Waals surface area contributed by atoms with Crippen LogP contribution in [0.15, 0.2) is 52.0 Å². The Morgan fingerprint density at radius 1 is 1.25 bits per heavy atom. The molecular formula is C18H21NO4S. The Kier molecular flexibility index (Phi) is 4.87. The zero-order valence-electron chi connectivity index (χ0n) is 13.6. The van der Waals surface area contributed by atoms with Crippen molar-refractivity contribution in [1.82, 2.24) is 4.90 Å². The van der Waals surface area contributed by atoms with Gasteiger partial charge in [0.25, 0.3) is 0 Å². The highest BCUT2D eigenvalue weighted by Gasteiger charge is 2.35. The fourth-order valence-corrected chi connectivity index (χ4v) is 4.98. The van der Waals surface area contributed by atoms with Crippen LogP contribution in [0.5, 0.6) is 0 Å². The quantitative estimate of drug-likeness (QED) is 0.804. The van der Waals surface area contributed by atoms with E-state index >= 15 is 0 Å². The fourth-order valence-electron chi connectivity index (χ4n) is 3.13. The van der Waals surface area contributed by atoms with E-state index in [4.69, 9.17) is 4.42 Å². The van der Waals surface area contributed by atoms with E-state index in [1.807, 2.05) is 11.0 Å². The topological polar surface area (TPSA) is 67.6 Å². The monoisotopic (exact) mass is 347 g/mol. The van der Waals surface area contributed by atoms with E-state index in [-0.39, 0.29) is 12.2 Å². The third-order valence-electron chi connectivity index (χ3n) is 4.43. The minimum absolute atomic E-state index is 0.000964. The Morgan fingerprint density at radius 3 is 2.71 bits per heavy atom. The van der Waals surface area contributed by atoms with Gasteiger partial charge in [-0.3, -0.25) is 4.90 Å². The lowest BCUT2D eigenvalue weighted by atomic mass is 10.1. The standard InChI is InChI=1S/C18H21NO4S/c1-14(20)7-8-18(24(21,22)16-5-3-2-4-6-16)19-11-9-15-10-12-23-17(15)13-19/h2-6,10,12,18H,7-9,11,13H2,1H3. The number of nitrogens with zero attached hydrogens (tertiary/aromatic N) is 1. The summed E-state index contributed by atoms with van der Waals surface area (Å²) in [5, 5.41) is -0.720. The molecule has 1 aliphatic rings. The number of hydrogen-bond donors (Lipinski definition) is 0. The number of carbonyl (C=O) groups is 1. The first-order valence-electron chi connectivity index (χ1n) is 8.06. The number of benzene rings is 1. The molecule has 0 radical (unpaired) electrons. The summed E-state index contributed by atoms with van der Waals surface area (Å²) in [7, 11) is -3.55. The summed E-state index contributed by atoms with van der Waals surface area (Å²) in [6, 6.07) is 10.4. The second-order valence-corrected chi connectivity index (χ2v) is 8.25. The Morgan fingerprint density at radius 2 is 2.00 bits per heavy atom. The molecule has 5 nitrogen and oxygen atoms in total. The average molecular weight is 347 g/mol. The maximum atomic E-state index is 13.1. The SMILES string of the molecule is CC(=O)CCC(N1CCc2ccoc2C1)S(=O)(=O)c1ccccc1. The molecular weight excluding hydrogens is 326 g/mol. The minimum atomic E-state index is -3.55. The molecule has 0 spiro atoms. The number of Topliss-reactive ketones (excluding diaryl/α,β-unsaturated/α-hetero) is 1. The molecule has 0 fully saturated rings. The number of sulfone groups is 1. The number of hydrogen-bond acceptors (Lipinski definition) is 5. The lowest BCUT2D eigenvalue weighted by Gasteiger charge is -2.33. The third kappa shape index (κ3) is 3.44. The van der Waals surface area contributed by atoms with Gasteiger partial charge in [0.05, 0.1) is 17.7 Å². The van der Waals surface area contributed by atoms with Crippen LogP contribution in [0.1, 0.15) is 31.1 Å². The predicted molar refractivity (Wildman–Crippen MR) is 90.2 cm³/mol. The van der Waals surface area contributed by atoms with Crippen molar-refractivity contribution in [2.45, 2.75) is 43.0 Å². The van der Waals surface area contributed by atoms with Gasteiger partial charge in [-0.2, -0.15) is 0 Å². The number of furan rings is 1. The summed E-state index contributed by atoms with van der Waals surface area (Å²) in [6.07, 6.45) is 2.94. The maximum Gasteiger partial charge on any atom is 0.194 e. The van der Waals surface area contributed by atoms with Gasteiger partial charge in [-0.05, 0) is 43.5 Å². The second kappa shape index (κ2) is 6.91. The predicted octanol–water partition coefficient (Wildman–Crippen LogP) is 2.81. The smallest absolute Gasteiger partial charge is 0.194 e. The van der Waals surface area contributed by atoms with E-state index in [9.17, 15) is 13.2 Å². The van der Waals surface area contributed by atoms with Gasteiger partial charge in [-0.25, -0.2) is 8.42 Å². The highest BCUT2D eigenvalue weighted by atomic mass is 32.2. The fraction of sp³-hybridized carbons (Fsp3) is 0.389. The van der Waals surface area contributed by atoms with Crippen LogP contribution in [0.25, 0.3) is 0 Å². The van der Waals surface area contributed by atoms with Crippen molar-refractivity contribution in [1.29, 1.82) is 0 Å². The number of fused-ring (bicyclic) bond motifs is 1. The molecule has 128 valence electrons. The summed E-state index contributed by atoms with van der Waals surface area (Å²) in [4.78, 5) is 13.6. The summed E-state index contributed by atoms with van der Waals surface area (Å²) in [6.45, 7) is 2.59. The molecule has 0 bridgehead atoms. The van der Waals surface area contributed by atoms with Crippen LogP contribution in [0.2, 0.25) is 0 Å². The van der Waals surface area contributed by atoms with Crippen LogP contribution in [-0.4, -0.2) is 31.0 Å². The summed E-state index contributed by atoms with van der Waals surface area (Å²) < 4.78 is 31.7. The molecule has 1 unspecified atom stereocenters. The first-order chi connectivity index (χ1) is 11.5. The van der Waals surface area contributed by atoms with E-state index in [1.165, 1.54) is 6.92 Å². The summed E-state index contributed by atoms with van der Waals surface area (Å²) in [5.41, 5.74) is 1.13. The van der Waals surface area contributed by atoms with Crippen molar-refractivity contribution in [3.05, 3.63) is 54.0 Å². The van der Waals surface area contributed by atoms with Gasteiger partial charge in [0.2, 0.25) is 0 Å². The van der Waals surface area contributed by atoms with Gasteiger partial charge >= 0.3 is 0 Å². The van der Waals surface area contributed by atoms with Crippen LogP contribution in [-0.2, 0) is 27.6 Å². The molecule has 24 heavy (non-hydrogen) atoms. The van der Waals surface area contributed by atoms with Crippen LogP contribution in [0.4, 0.5) is 0 Å². The van der Waals surface area contributed by atoms with E-state index in [2.05, 4.69) is 0 Å². The first kappa shape index (κ1) is 16.9. The molecule has 1 aliphatic heterocycles. The van der Waals surface area contributed by atoms with Gasteiger partial charge < -0.3 is 9.21 Å². The van der Waals surface area contributed by atoms with E-state index in [0.29, 0.717) is 24.4 Å². The summed E-state index contributed by atoms with van der Waals surface area (Å²) in [5.74, 6) is 0.816. The molecule has 0 N–H and O–H groups in total. The van der Waals surface area contributed by atoms with Gasteiger partial charge in [0.1, 0.15) is 16.9 Å². The van der Waals surface area contributed by atoms with Gasteiger partial charge in [0, 0.05) is 13.0 Å². The largest absolute Gasteiger partial charge is 0.468 e. The van der Waals surface area contributed by atoms with Crippen LogP contribution in [0, 0.1) is 0 Å². The minimum Gasteiger partial charge on any atom is -0.468 e. The van der Waals surface area contributed by atoms with Gasteiger partial charge in [0.15, 0.2) is 9.84 Å². The second-order valence-electron chi connectivity index (χ2n) is 6.14. The lowest BCUT2D eigenvalue weighted by molar-refractivity contribution is -0.117. The number of rotatable bonds is 6. The molecule has 0 amide bonds. The Balaban J connectivity index is 1.91.